The molecule has 1 N–H and O–H groups in total. The van der Waals surface area contributed by atoms with E-state index < -0.39 is 11.7 Å². The van der Waals surface area contributed by atoms with Crippen LogP contribution in [0.5, 0.6) is 0 Å². The van der Waals surface area contributed by atoms with E-state index in [0.717, 1.165) is 0 Å². The van der Waals surface area contributed by atoms with Crippen molar-refractivity contribution in [1.82, 2.24) is 20.1 Å². The van der Waals surface area contributed by atoms with Crippen molar-refractivity contribution >= 4 is 11.9 Å². The predicted octanol–water partition coefficient (Wildman–Crippen LogP) is 0.274. The molecule has 0 aliphatic carbocycles. The second-order valence-electron chi connectivity index (χ2n) is 4.29. The standard InChI is InChI=1S/C12H15N5O4/c1-4-20-10(18)8-5-13-11(14-7(8)2)17(3)6-9-15-12(19)21-16-9/h5H,4,6H2,1-3H3,(H,15,16,19). The average Bonchev–Trinajstić information content (AvgIpc) is 2.84. The lowest BCUT2D eigenvalue weighted by Gasteiger charge is -2.15. The van der Waals surface area contributed by atoms with Crippen LogP contribution in [0.3, 0.4) is 0 Å². The van der Waals surface area contributed by atoms with Crippen molar-refractivity contribution in [3.05, 3.63) is 33.8 Å². The second kappa shape index (κ2) is 6.16. The van der Waals surface area contributed by atoms with Gasteiger partial charge in [0.25, 0.3) is 0 Å². The lowest BCUT2D eigenvalue weighted by molar-refractivity contribution is 0.0524. The van der Waals surface area contributed by atoms with Crippen molar-refractivity contribution in [2.24, 2.45) is 0 Å². The van der Waals surface area contributed by atoms with Gasteiger partial charge < -0.3 is 9.64 Å². The van der Waals surface area contributed by atoms with Crippen LogP contribution in [0.2, 0.25) is 0 Å². The van der Waals surface area contributed by atoms with E-state index in [1.165, 1.54) is 6.20 Å². The minimum atomic E-state index is -0.617. The van der Waals surface area contributed by atoms with E-state index in [1.807, 2.05) is 0 Å². The quantitative estimate of drug-likeness (QED) is 0.781. The van der Waals surface area contributed by atoms with Gasteiger partial charge in [0, 0.05) is 13.2 Å². The van der Waals surface area contributed by atoms with E-state index in [2.05, 4.69) is 24.6 Å². The first-order valence-electron chi connectivity index (χ1n) is 6.28. The van der Waals surface area contributed by atoms with Crippen molar-refractivity contribution in [2.75, 3.05) is 18.6 Å². The molecule has 0 saturated carbocycles. The summed E-state index contributed by atoms with van der Waals surface area (Å²) in [6.45, 7) is 3.99. The summed E-state index contributed by atoms with van der Waals surface area (Å²) in [6.07, 6.45) is 1.41. The van der Waals surface area contributed by atoms with Crippen LogP contribution in [-0.2, 0) is 11.3 Å². The third kappa shape index (κ3) is 3.44. The maximum atomic E-state index is 11.7. The van der Waals surface area contributed by atoms with Gasteiger partial charge in [0.15, 0.2) is 5.82 Å². The molecule has 21 heavy (non-hydrogen) atoms. The zero-order valence-corrected chi connectivity index (χ0v) is 11.9. The molecule has 9 nitrogen and oxygen atoms in total. The first-order chi connectivity index (χ1) is 10.0. The van der Waals surface area contributed by atoms with Gasteiger partial charge in [0.05, 0.1) is 24.4 Å². The lowest BCUT2D eigenvalue weighted by Crippen LogP contribution is -2.21. The molecule has 0 unspecified atom stereocenters. The number of aryl methyl sites for hydroxylation is 1. The fraction of sp³-hybridized carbons (Fsp3) is 0.417. The molecule has 0 saturated heterocycles. The fourth-order valence-corrected chi connectivity index (χ4v) is 1.67. The van der Waals surface area contributed by atoms with E-state index in [4.69, 9.17) is 4.74 Å². The van der Waals surface area contributed by atoms with Gasteiger partial charge in [0.1, 0.15) is 0 Å². The second-order valence-corrected chi connectivity index (χ2v) is 4.29. The van der Waals surface area contributed by atoms with E-state index in [1.54, 1.807) is 25.8 Å². The number of hydrogen-bond donors (Lipinski definition) is 1. The topological polar surface area (TPSA) is 114 Å². The molecule has 0 spiro atoms. The van der Waals surface area contributed by atoms with Gasteiger partial charge in [-0.15, -0.1) is 0 Å². The number of carbonyl (C=O) groups is 1. The Labute approximate surface area is 119 Å². The van der Waals surface area contributed by atoms with Crippen LogP contribution in [0, 0.1) is 6.92 Å². The van der Waals surface area contributed by atoms with Crippen molar-refractivity contribution in [2.45, 2.75) is 20.4 Å². The largest absolute Gasteiger partial charge is 0.462 e. The Morgan fingerprint density at radius 3 is 2.86 bits per heavy atom. The smallest absolute Gasteiger partial charge is 0.438 e. The molecule has 0 fully saturated rings. The molecular formula is C12H15N5O4. The number of esters is 1. The molecule has 0 aliphatic heterocycles. The molecule has 2 aromatic rings. The van der Waals surface area contributed by atoms with Crippen molar-refractivity contribution in [3.8, 4) is 0 Å². The maximum Gasteiger partial charge on any atom is 0.438 e. The number of carbonyl (C=O) groups excluding carboxylic acids is 1. The van der Waals surface area contributed by atoms with Gasteiger partial charge in [-0.3, -0.25) is 9.51 Å². The van der Waals surface area contributed by atoms with Crippen molar-refractivity contribution in [1.29, 1.82) is 0 Å². The molecule has 0 bridgehead atoms. The third-order valence-electron chi connectivity index (χ3n) is 2.68. The number of ether oxygens (including phenoxy) is 1. The molecule has 0 radical (unpaired) electrons. The van der Waals surface area contributed by atoms with Gasteiger partial charge in [-0.1, -0.05) is 5.16 Å². The summed E-state index contributed by atoms with van der Waals surface area (Å²) in [6, 6.07) is 0. The molecule has 0 aliphatic rings. The Morgan fingerprint density at radius 2 is 2.29 bits per heavy atom. The number of nitrogens with one attached hydrogen (secondary N) is 1. The summed E-state index contributed by atoms with van der Waals surface area (Å²) in [4.78, 5) is 35.0. The number of nitrogens with zero attached hydrogens (tertiary/aromatic N) is 4. The highest BCUT2D eigenvalue weighted by molar-refractivity contribution is 5.90. The third-order valence-corrected chi connectivity index (χ3v) is 2.68. The zero-order valence-electron chi connectivity index (χ0n) is 11.9. The highest BCUT2D eigenvalue weighted by atomic mass is 16.5. The van der Waals surface area contributed by atoms with Gasteiger partial charge >= 0.3 is 11.7 Å². The number of rotatable bonds is 5. The molecule has 2 rings (SSSR count). The SMILES string of the molecule is CCOC(=O)c1cnc(N(C)Cc2noc(=O)[nH]2)nc1C. The minimum absolute atomic E-state index is 0.268. The van der Waals surface area contributed by atoms with Gasteiger partial charge in [-0.05, 0) is 13.8 Å². The number of anilines is 1. The van der Waals surface area contributed by atoms with Crippen LogP contribution in [0.1, 0.15) is 28.8 Å². The van der Waals surface area contributed by atoms with E-state index in [9.17, 15) is 9.59 Å². The highest BCUT2D eigenvalue weighted by Gasteiger charge is 2.15. The van der Waals surface area contributed by atoms with Crippen LogP contribution in [0.4, 0.5) is 5.95 Å². The number of aromatic nitrogens is 4. The Bertz CT molecular complexity index is 693. The molecule has 112 valence electrons. The van der Waals surface area contributed by atoms with E-state index in [-0.39, 0.29) is 6.54 Å². The normalized spacial score (nSPS) is 10.4. The average molecular weight is 293 g/mol. The Morgan fingerprint density at radius 1 is 1.52 bits per heavy atom. The first kappa shape index (κ1) is 14.7. The summed E-state index contributed by atoms with van der Waals surface area (Å²) in [5.41, 5.74) is 0.836. The van der Waals surface area contributed by atoms with Gasteiger partial charge in [-0.25, -0.2) is 19.6 Å². The lowest BCUT2D eigenvalue weighted by atomic mass is 10.2. The Hall–Kier alpha value is -2.71. The summed E-state index contributed by atoms with van der Waals surface area (Å²) < 4.78 is 9.33. The van der Waals surface area contributed by atoms with Crippen molar-refractivity contribution < 1.29 is 14.1 Å². The summed E-state index contributed by atoms with van der Waals surface area (Å²) in [5, 5.41) is 3.56. The molecule has 0 atom stereocenters. The highest BCUT2D eigenvalue weighted by Crippen LogP contribution is 2.12. The predicted molar refractivity (Wildman–Crippen MR) is 72.0 cm³/mol. The zero-order chi connectivity index (χ0) is 15.4. The maximum absolute atomic E-state index is 11.7. The van der Waals surface area contributed by atoms with Crippen LogP contribution in [0.25, 0.3) is 0 Å². The fourth-order valence-electron chi connectivity index (χ4n) is 1.67. The monoisotopic (exact) mass is 293 g/mol. The number of aromatic amines is 1. The summed E-state index contributed by atoms with van der Waals surface area (Å²) in [7, 11) is 1.73. The van der Waals surface area contributed by atoms with Crippen LogP contribution < -0.4 is 10.7 Å². The Balaban J connectivity index is 2.15. The minimum Gasteiger partial charge on any atom is -0.462 e. The first-order valence-corrected chi connectivity index (χ1v) is 6.28. The molecule has 2 heterocycles. The van der Waals surface area contributed by atoms with Crippen LogP contribution in [0.15, 0.2) is 15.5 Å². The molecular weight excluding hydrogens is 278 g/mol. The van der Waals surface area contributed by atoms with Crippen LogP contribution >= 0.6 is 0 Å². The molecule has 2 aromatic heterocycles. The van der Waals surface area contributed by atoms with E-state index in [0.29, 0.717) is 29.6 Å². The number of hydrogen-bond acceptors (Lipinski definition) is 8. The molecule has 0 amide bonds. The molecule has 9 heteroatoms. The Kier molecular flexibility index (Phi) is 4.31. The summed E-state index contributed by atoms with van der Waals surface area (Å²) >= 11 is 0. The van der Waals surface area contributed by atoms with Gasteiger partial charge in [-0.2, -0.15) is 0 Å². The summed E-state index contributed by atoms with van der Waals surface area (Å²) in [5.74, 6) is -0.319. The van der Waals surface area contributed by atoms with Gasteiger partial charge in [0.2, 0.25) is 5.95 Å². The van der Waals surface area contributed by atoms with E-state index >= 15 is 0 Å². The number of H-pyrrole nitrogens is 1. The van der Waals surface area contributed by atoms with Crippen molar-refractivity contribution in [3.63, 3.8) is 0 Å². The molecule has 0 aromatic carbocycles. The van der Waals surface area contributed by atoms with Crippen LogP contribution in [-0.4, -0.2) is 39.7 Å².